The SMILES string of the molecule is Cc1cc(C2OC2N(C)C)c(O)c([N+](=O)[O-])c1. The number of phenolic OH excluding ortho intramolecular Hbond substituents is 1. The zero-order valence-electron chi connectivity index (χ0n) is 9.88. The van der Waals surface area contributed by atoms with Gasteiger partial charge in [0, 0.05) is 11.6 Å². The van der Waals surface area contributed by atoms with Crippen molar-refractivity contribution in [1.29, 1.82) is 0 Å². The van der Waals surface area contributed by atoms with Crippen molar-refractivity contribution in [2.75, 3.05) is 14.1 Å². The molecule has 2 atom stereocenters. The Bertz CT molecular complexity index is 473. The van der Waals surface area contributed by atoms with Gasteiger partial charge in [-0.2, -0.15) is 0 Å². The number of hydrogen-bond donors (Lipinski definition) is 1. The number of aryl methyl sites for hydroxylation is 1. The van der Waals surface area contributed by atoms with E-state index in [0.29, 0.717) is 5.56 Å². The second-order valence-corrected chi connectivity index (χ2v) is 4.39. The number of nitrogens with zero attached hydrogens (tertiary/aromatic N) is 2. The lowest BCUT2D eigenvalue weighted by molar-refractivity contribution is -0.386. The molecule has 6 heteroatoms. The Morgan fingerprint density at radius 3 is 2.59 bits per heavy atom. The largest absolute Gasteiger partial charge is 0.502 e. The van der Waals surface area contributed by atoms with E-state index in [1.165, 1.54) is 6.07 Å². The molecular weight excluding hydrogens is 224 g/mol. The van der Waals surface area contributed by atoms with Crippen molar-refractivity contribution in [3.63, 3.8) is 0 Å². The summed E-state index contributed by atoms with van der Waals surface area (Å²) in [5.41, 5.74) is 0.945. The van der Waals surface area contributed by atoms with Gasteiger partial charge in [-0.1, -0.05) is 0 Å². The Kier molecular flexibility index (Phi) is 2.76. The highest BCUT2D eigenvalue weighted by molar-refractivity contribution is 5.54. The maximum atomic E-state index is 10.8. The minimum absolute atomic E-state index is 0.123. The van der Waals surface area contributed by atoms with Gasteiger partial charge < -0.3 is 9.84 Å². The maximum Gasteiger partial charge on any atom is 0.311 e. The molecule has 0 saturated carbocycles. The van der Waals surface area contributed by atoms with E-state index in [1.54, 1.807) is 13.0 Å². The molecule has 1 aromatic rings. The van der Waals surface area contributed by atoms with Crippen molar-refractivity contribution in [3.05, 3.63) is 33.4 Å². The summed E-state index contributed by atoms with van der Waals surface area (Å²) in [4.78, 5) is 12.1. The fourth-order valence-electron chi connectivity index (χ4n) is 1.87. The zero-order valence-corrected chi connectivity index (χ0v) is 9.88. The number of hydrogen-bond acceptors (Lipinski definition) is 5. The molecule has 2 unspecified atom stereocenters. The molecule has 0 bridgehead atoms. The fraction of sp³-hybridized carbons (Fsp3) is 0.455. The van der Waals surface area contributed by atoms with Crippen LogP contribution in [0, 0.1) is 17.0 Å². The summed E-state index contributed by atoms with van der Waals surface area (Å²) < 4.78 is 5.38. The van der Waals surface area contributed by atoms with E-state index in [4.69, 9.17) is 4.74 Å². The first-order valence-corrected chi connectivity index (χ1v) is 5.21. The summed E-state index contributed by atoms with van der Waals surface area (Å²) in [6.07, 6.45) is -0.411. The number of nitro groups is 1. The molecule has 1 heterocycles. The van der Waals surface area contributed by atoms with Gasteiger partial charge in [-0.25, -0.2) is 0 Å². The smallest absolute Gasteiger partial charge is 0.311 e. The molecule has 92 valence electrons. The topological polar surface area (TPSA) is 79.1 Å². The van der Waals surface area contributed by atoms with Crippen LogP contribution in [-0.4, -0.2) is 35.3 Å². The molecule has 6 nitrogen and oxygen atoms in total. The number of epoxide rings is 1. The van der Waals surface area contributed by atoms with Crippen LogP contribution in [0.3, 0.4) is 0 Å². The van der Waals surface area contributed by atoms with Gasteiger partial charge in [-0.05, 0) is 32.6 Å². The van der Waals surface area contributed by atoms with Gasteiger partial charge in [0.2, 0.25) is 0 Å². The van der Waals surface area contributed by atoms with E-state index in [1.807, 2.05) is 19.0 Å². The van der Waals surface area contributed by atoms with Crippen LogP contribution in [0.1, 0.15) is 17.2 Å². The Morgan fingerprint density at radius 2 is 2.12 bits per heavy atom. The van der Waals surface area contributed by atoms with Crippen molar-refractivity contribution < 1.29 is 14.8 Å². The summed E-state index contributed by atoms with van der Waals surface area (Å²) in [7, 11) is 3.71. The molecule has 1 aliphatic heterocycles. The average Bonchev–Trinajstić information content (AvgIpc) is 3.00. The Balaban J connectivity index is 2.39. The quantitative estimate of drug-likeness (QED) is 0.491. The molecule has 1 aliphatic rings. The highest BCUT2D eigenvalue weighted by Gasteiger charge is 2.44. The standard InChI is InChI=1S/C11H14N2O4/c1-6-4-7(10-11(17-10)12(2)3)9(14)8(5-6)13(15)16/h4-5,10-11,14H,1-3H3. The van der Waals surface area contributed by atoms with E-state index in [-0.39, 0.29) is 23.8 Å². The first-order valence-electron chi connectivity index (χ1n) is 5.21. The van der Waals surface area contributed by atoms with Gasteiger partial charge in [0.1, 0.15) is 12.3 Å². The number of benzene rings is 1. The fourth-order valence-corrected chi connectivity index (χ4v) is 1.87. The van der Waals surface area contributed by atoms with E-state index in [9.17, 15) is 15.2 Å². The molecule has 0 aromatic heterocycles. The first kappa shape index (κ1) is 11.8. The highest BCUT2D eigenvalue weighted by Crippen LogP contribution is 2.46. The van der Waals surface area contributed by atoms with Gasteiger partial charge >= 0.3 is 5.69 Å². The molecule has 0 radical (unpaired) electrons. The van der Waals surface area contributed by atoms with Gasteiger partial charge in [-0.15, -0.1) is 0 Å². The van der Waals surface area contributed by atoms with Crippen molar-refractivity contribution in [3.8, 4) is 5.75 Å². The minimum atomic E-state index is -0.584. The Morgan fingerprint density at radius 1 is 1.47 bits per heavy atom. The van der Waals surface area contributed by atoms with Gasteiger partial charge in [0.25, 0.3) is 0 Å². The Hall–Kier alpha value is -1.66. The van der Waals surface area contributed by atoms with Crippen molar-refractivity contribution >= 4 is 5.69 Å². The van der Waals surface area contributed by atoms with E-state index < -0.39 is 4.92 Å². The number of likely N-dealkylation sites (N-methyl/N-ethyl adjacent to an activating group) is 1. The molecule has 2 rings (SSSR count). The number of nitro benzene ring substituents is 1. The van der Waals surface area contributed by atoms with Crippen LogP contribution in [0.25, 0.3) is 0 Å². The van der Waals surface area contributed by atoms with Gasteiger partial charge in [0.15, 0.2) is 5.75 Å². The van der Waals surface area contributed by atoms with E-state index in [2.05, 4.69) is 0 Å². The highest BCUT2D eigenvalue weighted by atomic mass is 16.6. The Labute approximate surface area is 98.6 Å². The summed E-state index contributed by atoms with van der Waals surface area (Å²) in [5, 5.41) is 20.6. The average molecular weight is 238 g/mol. The van der Waals surface area contributed by atoms with E-state index >= 15 is 0 Å². The van der Waals surface area contributed by atoms with Crippen LogP contribution in [0.4, 0.5) is 5.69 Å². The summed E-state index contributed by atoms with van der Waals surface area (Å²) in [6, 6.07) is 3.07. The number of rotatable bonds is 3. The lowest BCUT2D eigenvalue weighted by Gasteiger charge is -2.06. The van der Waals surface area contributed by atoms with Gasteiger partial charge in [-0.3, -0.25) is 15.0 Å². The number of aromatic hydroxyl groups is 1. The molecule has 0 spiro atoms. The number of phenols is 1. The van der Waals surface area contributed by atoms with Crippen molar-refractivity contribution in [1.82, 2.24) is 4.90 Å². The summed E-state index contributed by atoms with van der Waals surface area (Å²) in [5.74, 6) is -0.296. The third kappa shape index (κ3) is 2.09. The zero-order chi connectivity index (χ0) is 12.7. The molecule has 1 saturated heterocycles. The molecule has 17 heavy (non-hydrogen) atoms. The molecule has 0 amide bonds. The molecule has 1 aromatic carbocycles. The van der Waals surface area contributed by atoms with Crippen LogP contribution in [0.2, 0.25) is 0 Å². The second-order valence-electron chi connectivity index (χ2n) is 4.39. The lowest BCUT2D eigenvalue weighted by Crippen LogP contribution is -2.15. The molecule has 1 N–H and O–H groups in total. The van der Waals surface area contributed by atoms with E-state index in [0.717, 1.165) is 5.56 Å². The molecular formula is C11H14N2O4. The van der Waals surface area contributed by atoms with Crippen molar-refractivity contribution in [2.24, 2.45) is 0 Å². The summed E-state index contributed by atoms with van der Waals surface area (Å²) in [6.45, 7) is 1.75. The normalized spacial score (nSPS) is 22.8. The molecule has 0 aliphatic carbocycles. The monoisotopic (exact) mass is 238 g/mol. The number of ether oxygens (including phenoxy) is 1. The van der Waals surface area contributed by atoms with Crippen LogP contribution in [0.15, 0.2) is 12.1 Å². The van der Waals surface area contributed by atoms with Crippen LogP contribution in [0.5, 0.6) is 5.75 Å². The third-order valence-corrected chi connectivity index (χ3v) is 2.74. The van der Waals surface area contributed by atoms with Crippen molar-refractivity contribution in [2.45, 2.75) is 19.3 Å². The van der Waals surface area contributed by atoms with Gasteiger partial charge in [0.05, 0.1) is 4.92 Å². The van der Waals surface area contributed by atoms with Crippen LogP contribution >= 0.6 is 0 Å². The maximum absolute atomic E-state index is 10.8. The predicted octanol–water partition coefficient (Wildman–Crippen LogP) is 1.57. The lowest BCUT2D eigenvalue weighted by atomic mass is 10.1. The predicted molar refractivity (Wildman–Crippen MR) is 60.8 cm³/mol. The summed E-state index contributed by atoms with van der Waals surface area (Å²) >= 11 is 0. The minimum Gasteiger partial charge on any atom is -0.502 e. The second kappa shape index (κ2) is 3.97. The molecule has 1 fully saturated rings. The van der Waals surface area contributed by atoms with Crippen LogP contribution in [-0.2, 0) is 4.74 Å². The third-order valence-electron chi connectivity index (χ3n) is 2.74. The first-order chi connectivity index (χ1) is 7.91. The van der Waals surface area contributed by atoms with Crippen LogP contribution < -0.4 is 0 Å².